The third kappa shape index (κ3) is 5.06. The molecule has 0 atom stereocenters. The van der Waals surface area contributed by atoms with Crippen LogP contribution in [0.25, 0.3) is 0 Å². The van der Waals surface area contributed by atoms with E-state index < -0.39 is 0 Å². The summed E-state index contributed by atoms with van der Waals surface area (Å²) in [5.41, 5.74) is 4.14. The minimum absolute atomic E-state index is 0.251. The van der Waals surface area contributed by atoms with Crippen LogP contribution < -0.4 is 24.3 Å². The van der Waals surface area contributed by atoms with Crippen molar-refractivity contribution >= 4 is 23.0 Å². The fourth-order valence-corrected chi connectivity index (χ4v) is 3.76. The Bertz CT molecular complexity index is 1100. The van der Waals surface area contributed by atoms with Crippen molar-refractivity contribution < 1.29 is 18.9 Å². The molecule has 0 aliphatic carbocycles. The highest BCUT2D eigenvalue weighted by atomic mass is 32.1. The van der Waals surface area contributed by atoms with Crippen LogP contribution in [0, 0.1) is 6.92 Å². The molecule has 166 valence electrons. The molecule has 4 rings (SSSR count). The summed E-state index contributed by atoms with van der Waals surface area (Å²) in [5.74, 6) is 3.08. The Morgan fingerprint density at radius 2 is 1.62 bits per heavy atom. The first-order chi connectivity index (χ1) is 15.6. The maximum absolute atomic E-state index is 5.83. The summed E-state index contributed by atoms with van der Waals surface area (Å²) in [6, 6.07) is 19.9. The van der Waals surface area contributed by atoms with Crippen molar-refractivity contribution in [3.63, 3.8) is 0 Å². The molecule has 6 nitrogen and oxygen atoms in total. The number of nitrogens with one attached hydrogen (secondary N) is 1. The Kier molecular flexibility index (Phi) is 6.66. The van der Waals surface area contributed by atoms with Gasteiger partial charge in [0.2, 0.25) is 6.79 Å². The van der Waals surface area contributed by atoms with E-state index in [1.54, 1.807) is 14.2 Å². The number of anilines is 1. The van der Waals surface area contributed by atoms with Gasteiger partial charge in [0.05, 0.1) is 19.9 Å². The molecule has 0 unspecified atom stereocenters. The minimum Gasteiger partial charge on any atom is -0.497 e. The highest BCUT2D eigenvalue weighted by molar-refractivity contribution is 7.80. The summed E-state index contributed by atoms with van der Waals surface area (Å²) in [7, 11) is 3.32. The van der Waals surface area contributed by atoms with Crippen molar-refractivity contribution in [2.45, 2.75) is 20.0 Å². The van der Waals surface area contributed by atoms with Crippen LogP contribution in [0.5, 0.6) is 23.0 Å². The van der Waals surface area contributed by atoms with Crippen LogP contribution in [0.2, 0.25) is 0 Å². The van der Waals surface area contributed by atoms with E-state index >= 15 is 0 Å². The second-order valence-corrected chi connectivity index (χ2v) is 7.91. The van der Waals surface area contributed by atoms with Crippen molar-refractivity contribution in [1.29, 1.82) is 0 Å². The van der Waals surface area contributed by atoms with Gasteiger partial charge >= 0.3 is 0 Å². The Balaban J connectivity index is 1.58. The maximum Gasteiger partial charge on any atom is 0.231 e. The van der Waals surface area contributed by atoms with Gasteiger partial charge in [0.15, 0.2) is 16.6 Å². The number of rotatable bonds is 7. The number of fused-ring (bicyclic) bond motifs is 1. The molecular formula is C25H26N2O4S. The van der Waals surface area contributed by atoms with Crippen LogP contribution >= 0.6 is 12.2 Å². The normalized spacial score (nSPS) is 11.7. The lowest BCUT2D eigenvalue weighted by atomic mass is 10.1. The van der Waals surface area contributed by atoms with Crippen LogP contribution in [0.1, 0.15) is 16.7 Å². The third-order valence-electron chi connectivity index (χ3n) is 5.23. The van der Waals surface area contributed by atoms with Crippen molar-refractivity contribution in [2.75, 3.05) is 26.3 Å². The largest absolute Gasteiger partial charge is 0.497 e. The third-order valence-corrected chi connectivity index (χ3v) is 5.59. The van der Waals surface area contributed by atoms with E-state index in [2.05, 4.69) is 10.2 Å². The van der Waals surface area contributed by atoms with E-state index in [1.807, 2.05) is 67.6 Å². The topological polar surface area (TPSA) is 52.2 Å². The molecule has 1 aliphatic heterocycles. The molecule has 7 heteroatoms. The summed E-state index contributed by atoms with van der Waals surface area (Å²) in [5, 5.41) is 3.97. The van der Waals surface area contributed by atoms with Gasteiger partial charge in [0, 0.05) is 13.1 Å². The molecule has 32 heavy (non-hydrogen) atoms. The van der Waals surface area contributed by atoms with Gasteiger partial charge in [-0.25, -0.2) is 0 Å². The Hall–Kier alpha value is -3.45. The van der Waals surface area contributed by atoms with Gasteiger partial charge in [-0.1, -0.05) is 24.3 Å². The Morgan fingerprint density at radius 1 is 0.906 bits per heavy atom. The van der Waals surface area contributed by atoms with E-state index in [4.69, 9.17) is 31.2 Å². The number of benzene rings is 3. The first-order valence-electron chi connectivity index (χ1n) is 10.3. The zero-order valence-corrected chi connectivity index (χ0v) is 19.2. The molecule has 0 spiro atoms. The fraction of sp³-hybridized carbons (Fsp3) is 0.240. The van der Waals surface area contributed by atoms with Crippen molar-refractivity contribution in [3.8, 4) is 23.0 Å². The van der Waals surface area contributed by atoms with Gasteiger partial charge in [0.1, 0.15) is 11.5 Å². The van der Waals surface area contributed by atoms with Gasteiger partial charge < -0.3 is 29.2 Å². The molecule has 0 radical (unpaired) electrons. The zero-order chi connectivity index (χ0) is 22.5. The predicted octanol–water partition coefficient (Wildman–Crippen LogP) is 5.14. The minimum atomic E-state index is 0.251. The lowest BCUT2D eigenvalue weighted by Gasteiger charge is -2.27. The zero-order valence-electron chi connectivity index (χ0n) is 18.4. The molecule has 3 aromatic carbocycles. The van der Waals surface area contributed by atoms with Crippen LogP contribution in [0.3, 0.4) is 0 Å². The SMILES string of the molecule is COc1ccc(CN(Cc2ccc3c(c2)OCO3)C(=S)Nc2cc(C)ccc2OC)cc1. The molecule has 1 aliphatic rings. The number of hydrogen-bond donors (Lipinski definition) is 1. The van der Waals surface area contributed by atoms with Crippen LogP contribution in [-0.2, 0) is 13.1 Å². The predicted molar refractivity (Wildman–Crippen MR) is 129 cm³/mol. The second-order valence-electron chi connectivity index (χ2n) is 7.53. The number of hydrogen-bond acceptors (Lipinski definition) is 5. The summed E-state index contributed by atoms with van der Waals surface area (Å²) in [6.45, 7) is 3.51. The van der Waals surface area contributed by atoms with E-state index in [0.29, 0.717) is 18.2 Å². The number of thiocarbonyl (C=S) groups is 1. The van der Waals surface area contributed by atoms with Crippen LogP contribution in [0.4, 0.5) is 5.69 Å². The lowest BCUT2D eigenvalue weighted by Crippen LogP contribution is -2.34. The number of nitrogens with zero attached hydrogens (tertiary/aromatic N) is 1. The molecule has 1 N–H and O–H groups in total. The van der Waals surface area contributed by atoms with Gasteiger partial charge in [-0.3, -0.25) is 0 Å². The van der Waals surface area contributed by atoms with Crippen molar-refractivity contribution in [3.05, 3.63) is 77.4 Å². The Labute approximate surface area is 193 Å². The molecule has 0 fully saturated rings. The molecular weight excluding hydrogens is 424 g/mol. The van der Waals surface area contributed by atoms with Crippen LogP contribution in [-0.4, -0.2) is 31.0 Å². The first kappa shape index (κ1) is 21.8. The second kappa shape index (κ2) is 9.78. The maximum atomic E-state index is 5.83. The standard InChI is InChI=1S/C25H26N2O4S/c1-17-4-10-22(29-3)21(12-17)26-25(32)27(14-18-5-8-20(28-2)9-6-18)15-19-7-11-23-24(13-19)31-16-30-23/h4-13H,14-16H2,1-3H3,(H,26,32). The van der Waals surface area contributed by atoms with E-state index in [1.165, 1.54) is 0 Å². The van der Waals surface area contributed by atoms with Crippen LogP contribution in [0.15, 0.2) is 60.7 Å². The average molecular weight is 451 g/mol. The number of ether oxygens (including phenoxy) is 4. The smallest absolute Gasteiger partial charge is 0.231 e. The van der Waals surface area contributed by atoms with Gasteiger partial charge in [-0.15, -0.1) is 0 Å². The quantitative estimate of drug-likeness (QED) is 0.500. The molecule has 0 amide bonds. The first-order valence-corrected chi connectivity index (χ1v) is 10.7. The molecule has 0 saturated heterocycles. The Morgan fingerprint density at radius 3 is 2.38 bits per heavy atom. The number of methoxy groups -OCH3 is 2. The highest BCUT2D eigenvalue weighted by Crippen LogP contribution is 2.33. The van der Waals surface area contributed by atoms with Crippen molar-refractivity contribution in [1.82, 2.24) is 4.90 Å². The summed E-state index contributed by atoms with van der Waals surface area (Å²) in [6.07, 6.45) is 0. The molecule has 0 bridgehead atoms. The average Bonchev–Trinajstić information content (AvgIpc) is 3.27. The summed E-state index contributed by atoms with van der Waals surface area (Å²) in [4.78, 5) is 2.11. The van der Waals surface area contributed by atoms with E-state index in [-0.39, 0.29) is 6.79 Å². The monoisotopic (exact) mass is 450 g/mol. The molecule has 1 heterocycles. The van der Waals surface area contributed by atoms with E-state index in [0.717, 1.165) is 45.4 Å². The van der Waals surface area contributed by atoms with Gasteiger partial charge in [-0.2, -0.15) is 0 Å². The summed E-state index contributed by atoms with van der Waals surface area (Å²) >= 11 is 5.83. The fourth-order valence-electron chi connectivity index (χ4n) is 3.52. The molecule has 0 aromatic heterocycles. The van der Waals surface area contributed by atoms with Crippen molar-refractivity contribution in [2.24, 2.45) is 0 Å². The number of aryl methyl sites for hydroxylation is 1. The molecule has 3 aromatic rings. The molecule has 0 saturated carbocycles. The summed E-state index contributed by atoms with van der Waals surface area (Å²) < 4.78 is 21.8. The highest BCUT2D eigenvalue weighted by Gasteiger charge is 2.17. The van der Waals surface area contributed by atoms with Gasteiger partial charge in [0.25, 0.3) is 0 Å². The van der Waals surface area contributed by atoms with E-state index in [9.17, 15) is 0 Å². The lowest BCUT2D eigenvalue weighted by molar-refractivity contribution is 0.174. The van der Waals surface area contributed by atoms with Gasteiger partial charge in [-0.05, 0) is 72.2 Å².